The Bertz CT molecular complexity index is 941. The van der Waals surface area contributed by atoms with Crippen molar-refractivity contribution in [3.8, 4) is 5.75 Å². The average Bonchev–Trinajstić information content (AvgIpc) is 2.65. The highest BCUT2D eigenvalue weighted by atomic mass is 79.9. The van der Waals surface area contributed by atoms with Gasteiger partial charge in [-0.3, -0.25) is 14.9 Å². The van der Waals surface area contributed by atoms with E-state index in [-0.39, 0.29) is 16.6 Å². The number of carbonyl (C=O) groups excluding carboxylic acids is 2. The first-order valence-corrected chi connectivity index (χ1v) is 10.8. The van der Waals surface area contributed by atoms with Crippen LogP contribution in [0.2, 0.25) is 0 Å². The van der Waals surface area contributed by atoms with E-state index in [1.165, 1.54) is 0 Å². The number of hydrogen-bond acceptors (Lipinski definition) is 4. The second-order valence-electron chi connectivity index (χ2n) is 7.65. The van der Waals surface area contributed by atoms with Crippen LogP contribution in [-0.2, 0) is 0 Å². The van der Waals surface area contributed by atoms with Crippen molar-refractivity contribution in [1.82, 2.24) is 10.6 Å². The van der Waals surface area contributed by atoms with Crippen molar-refractivity contribution in [3.05, 3.63) is 58.1 Å². The van der Waals surface area contributed by atoms with E-state index in [0.717, 1.165) is 10.9 Å². The van der Waals surface area contributed by atoms with Crippen molar-refractivity contribution in [2.24, 2.45) is 0 Å². The predicted molar refractivity (Wildman–Crippen MR) is 127 cm³/mol. The molecule has 0 aliphatic carbocycles. The molecule has 0 aromatic heterocycles. The standard InChI is InChI=1S/C22H26BrN3O3S/c1-5-12-29-18-11-10-14(23)13-16(18)19(27)25-21(30)24-17-9-7-6-8-15(17)20(28)26-22(2,3)4/h6-11,13H,5,12H2,1-4H3,(H,26,28)(H2,24,25,27,30). The molecule has 8 heteroatoms. The van der Waals surface area contributed by atoms with Crippen LogP contribution in [0.25, 0.3) is 0 Å². The van der Waals surface area contributed by atoms with Gasteiger partial charge in [-0.25, -0.2) is 0 Å². The van der Waals surface area contributed by atoms with Crippen molar-refractivity contribution < 1.29 is 14.3 Å². The summed E-state index contributed by atoms with van der Waals surface area (Å²) in [6, 6.07) is 12.2. The lowest BCUT2D eigenvalue weighted by atomic mass is 10.1. The minimum Gasteiger partial charge on any atom is -0.493 e. The van der Waals surface area contributed by atoms with E-state index < -0.39 is 5.91 Å². The van der Waals surface area contributed by atoms with Crippen LogP contribution in [0.5, 0.6) is 5.75 Å². The van der Waals surface area contributed by atoms with Crippen LogP contribution in [-0.4, -0.2) is 29.1 Å². The van der Waals surface area contributed by atoms with Gasteiger partial charge in [-0.1, -0.05) is 35.0 Å². The van der Waals surface area contributed by atoms with Gasteiger partial charge in [0, 0.05) is 10.0 Å². The molecule has 160 valence electrons. The van der Waals surface area contributed by atoms with Crippen molar-refractivity contribution in [2.75, 3.05) is 11.9 Å². The molecule has 0 heterocycles. The van der Waals surface area contributed by atoms with Crippen LogP contribution in [0.1, 0.15) is 54.8 Å². The number of thiocarbonyl (C=S) groups is 1. The van der Waals surface area contributed by atoms with Gasteiger partial charge in [0.25, 0.3) is 11.8 Å². The van der Waals surface area contributed by atoms with E-state index in [9.17, 15) is 9.59 Å². The third-order valence-electron chi connectivity index (χ3n) is 3.78. The fourth-order valence-electron chi connectivity index (χ4n) is 2.54. The molecule has 0 unspecified atom stereocenters. The molecule has 6 nitrogen and oxygen atoms in total. The molecule has 0 atom stereocenters. The molecule has 3 N–H and O–H groups in total. The van der Waals surface area contributed by atoms with E-state index in [1.54, 1.807) is 36.4 Å². The summed E-state index contributed by atoms with van der Waals surface area (Å²) in [5.41, 5.74) is 0.912. The number of hydrogen-bond donors (Lipinski definition) is 3. The maximum Gasteiger partial charge on any atom is 0.261 e. The maximum absolute atomic E-state index is 12.8. The van der Waals surface area contributed by atoms with Crippen LogP contribution < -0.4 is 20.7 Å². The van der Waals surface area contributed by atoms with Gasteiger partial charge < -0.3 is 15.4 Å². The summed E-state index contributed by atoms with van der Waals surface area (Å²) in [6.07, 6.45) is 0.824. The Morgan fingerprint density at radius 3 is 2.43 bits per heavy atom. The fraction of sp³-hybridized carbons (Fsp3) is 0.318. The van der Waals surface area contributed by atoms with Gasteiger partial charge in [-0.05, 0) is 69.7 Å². The predicted octanol–water partition coefficient (Wildman–Crippen LogP) is 4.89. The molecule has 0 aliphatic rings. The smallest absolute Gasteiger partial charge is 0.261 e. The first-order valence-electron chi connectivity index (χ1n) is 9.57. The summed E-state index contributed by atoms with van der Waals surface area (Å²) in [6.45, 7) is 8.21. The molecule has 30 heavy (non-hydrogen) atoms. The van der Waals surface area contributed by atoms with E-state index in [1.807, 2.05) is 33.8 Å². The fourth-order valence-corrected chi connectivity index (χ4v) is 3.10. The van der Waals surface area contributed by atoms with Crippen LogP contribution in [0.15, 0.2) is 46.9 Å². The zero-order valence-electron chi connectivity index (χ0n) is 17.5. The zero-order chi connectivity index (χ0) is 22.3. The monoisotopic (exact) mass is 491 g/mol. The zero-order valence-corrected chi connectivity index (χ0v) is 19.9. The number of amides is 2. The molecule has 2 aromatic rings. The molecule has 2 aromatic carbocycles. The highest BCUT2D eigenvalue weighted by Gasteiger charge is 2.19. The Morgan fingerprint density at radius 1 is 1.07 bits per heavy atom. The Balaban J connectivity index is 2.15. The van der Waals surface area contributed by atoms with Crippen molar-refractivity contribution in [3.63, 3.8) is 0 Å². The SMILES string of the molecule is CCCOc1ccc(Br)cc1C(=O)NC(=S)Nc1ccccc1C(=O)NC(C)(C)C. The van der Waals surface area contributed by atoms with Crippen molar-refractivity contribution >= 4 is 50.8 Å². The van der Waals surface area contributed by atoms with Gasteiger partial charge in [0.2, 0.25) is 0 Å². The van der Waals surface area contributed by atoms with Crippen LogP contribution >= 0.6 is 28.1 Å². The van der Waals surface area contributed by atoms with E-state index in [2.05, 4.69) is 31.9 Å². The third kappa shape index (κ3) is 7.11. The Kier molecular flexibility index (Phi) is 8.37. The summed E-state index contributed by atoms with van der Waals surface area (Å²) >= 11 is 8.68. The molecule has 0 fully saturated rings. The summed E-state index contributed by atoms with van der Waals surface area (Å²) < 4.78 is 6.41. The van der Waals surface area contributed by atoms with Crippen LogP contribution in [0.3, 0.4) is 0 Å². The number of nitrogens with one attached hydrogen (secondary N) is 3. The van der Waals surface area contributed by atoms with Crippen molar-refractivity contribution in [1.29, 1.82) is 0 Å². The number of ether oxygens (including phenoxy) is 1. The van der Waals surface area contributed by atoms with Gasteiger partial charge in [-0.15, -0.1) is 0 Å². The summed E-state index contributed by atoms with van der Waals surface area (Å²) in [7, 11) is 0. The van der Waals surface area contributed by atoms with Gasteiger partial charge >= 0.3 is 0 Å². The lowest BCUT2D eigenvalue weighted by Gasteiger charge is -2.22. The highest BCUT2D eigenvalue weighted by Crippen LogP contribution is 2.24. The second kappa shape index (κ2) is 10.5. The molecule has 0 saturated carbocycles. The van der Waals surface area contributed by atoms with Crippen LogP contribution in [0.4, 0.5) is 5.69 Å². The molecule has 2 amide bonds. The van der Waals surface area contributed by atoms with Gasteiger partial charge in [0.05, 0.1) is 23.4 Å². The molecule has 0 saturated heterocycles. The average molecular weight is 492 g/mol. The first-order chi connectivity index (χ1) is 14.1. The third-order valence-corrected chi connectivity index (χ3v) is 4.48. The first kappa shape index (κ1) is 23.8. The largest absolute Gasteiger partial charge is 0.493 e. The molecular formula is C22H26BrN3O3S. The summed E-state index contributed by atoms with van der Waals surface area (Å²) in [5.74, 6) is -0.163. The quantitative estimate of drug-likeness (QED) is 0.501. The van der Waals surface area contributed by atoms with E-state index in [0.29, 0.717) is 29.2 Å². The van der Waals surface area contributed by atoms with Crippen molar-refractivity contribution in [2.45, 2.75) is 39.7 Å². The number of para-hydroxylation sites is 1. The molecular weight excluding hydrogens is 466 g/mol. The summed E-state index contributed by atoms with van der Waals surface area (Å²) in [5, 5.41) is 8.59. The van der Waals surface area contributed by atoms with E-state index in [4.69, 9.17) is 17.0 Å². The molecule has 0 spiro atoms. The Hall–Kier alpha value is -2.45. The van der Waals surface area contributed by atoms with Crippen LogP contribution in [0, 0.1) is 0 Å². The topological polar surface area (TPSA) is 79.5 Å². The lowest BCUT2D eigenvalue weighted by molar-refractivity contribution is 0.0919. The minimum atomic E-state index is -0.406. The van der Waals surface area contributed by atoms with Gasteiger partial charge in [-0.2, -0.15) is 0 Å². The highest BCUT2D eigenvalue weighted by molar-refractivity contribution is 9.10. The van der Waals surface area contributed by atoms with Gasteiger partial charge in [0.15, 0.2) is 5.11 Å². The minimum absolute atomic E-state index is 0.0809. The summed E-state index contributed by atoms with van der Waals surface area (Å²) in [4.78, 5) is 25.4. The lowest BCUT2D eigenvalue weighted by Crippen LogP contribution is -2.41. The number of rotatable bonds is 6. The Labute approximate surface area is 190 Å². The number of halogens is 1. The second-order valence-corrected chi connectivity index (χ2v) is 8.97. The van der Waals surface area contributed by atoms with E-state index >= 15 is 0 Å². The number of carbonyl (C=O) groups is 2. The molecule has 0 aliphatic heterocycles. The molecule has 0 radical (unpaired) electrons. The number of benzene rings is 2. The Morgan fingerprint density at radius 2 is 1.77 bits per heavy atom. The normalized spacial score (nSPS) is 10.8. The molecule has 0 bridgehead atoms. The maximum atomic E-state index is 12.8. The number of anilines is 1. The molecule has 2 rings (SSSR count). The van der Waals surface area contributed by atoms with Gasteiger partial charge in [0.1, 0.15) is 5.75 Å².